The van der Waals surface area contributed by atoms with Crippen molar-refractivity contribution in [3.63, 3.8) is 0 Å². The van der Waals surface area contributed by atoms with E-state index in [1.54, 1.807) is 0 Å². The van der Waals surface area contributed by atoms with Gasteiger partial charge in [0.05, 0.1) is 11.7 Å². The van der Waals surface area contributed by atoms with Crippen LogP contribution in [0.4, 0.5) is 0 Å². The van der Waals surface area contributed by atoms with Crippen LogP contribution in [0.1, 0.15) is 98.3 Å². The lowest BCUT2D eigenvalue weighted by Gasteiger charge is -2.62. The van der Waals surface area contributed by atoms with Gasteiger partial charge in [0.1, 0.15) is 0 Å². The molecule has 0 amide bonds. The van der Waals surface area contributed by atoms with Crippen LogP contribution in [0.15, 0.2) is 16.6 Å². The number of fused-ring (bicyclic) bond motifs is 5. The molecule has 10 atom stereocenters. The summed E-state index contributed by atoms with van der Waals surface area (Å²) >= 11 is 0. The normalized spacial score (nSPS) is 50.1. The molecule has 3 nitrogen and oxygen atoms in total. The van der Waals surface area contributed by atoms with E-state index in [1.807, 2.05) is 6.21 Å². The molecule has 0 bridgehead atoms. The number of nitrogens with zero attached hydrogens (tertiary/aromatic N) is 1. The standard InChI is InChI=1S/C29H47NO2/c1-5-29(32)15-14-27(3)21(17-29)8-9-22-24-11-10-23(28(24,4)13-12-25(22)27)19(2)26(31)20-7-6-16-30-18-20/h7,18-19,21-26,31-32H,5-6,8-17H2,1-4H3/t19-,21-,22-,23+,24-,25-,26+,27-,28+,29-/m0/s1. The number of dihydropyridines is 1. The monoisotopic (exact) mass is 441 g/mol. The summed E-state index contributed by atoms with van der Waals surface area (Å²) in [6.07, 6.45) is 16.9. The summed E-state index contributed by atoms with van der Waals surface area (Å²) in [6.45, 7) is 10.5. The van der Waals surface area contributed by atoms with Crippen molar-refractivity contribution in [2.75, 3.05) is 6.54 Å². The minimum atomic E-state index is -0.401. The predicted molar refractivity (Wildman–Crippen MR) is 132 cm³/mol. The van der Waals surface area contributed by atoms with Gasteiger partial charge in [-0.05, 0) is 123 Å². The van der Waals surface area contributed by atoms with Gasteiger partial charge >= 0.3 is 0 Å². The maximum absolute atomic E-state index is 11.2. The van der Waals surface area contributed by atoms with Crippen molar-refractivity contribution in [1.29, 1.82) is 0 Å². The first-order chi connectivity index (χ1) is 15.2. The molecule has 0 aromatic heterocycles. The molecule has 0 aromatic rings. The Bertz CT molecular complexity index is 775. The zero-order valence-corrected chi connectivity index (χ0v) is 21.0. The first-order valence-electron chi connectivity index (χ1n) is 13.8. The van der Waals surface area contributed by atoms with Crippen LogP contribution in [0.2, 0.25) is 0 Å². The Morgan fingerprint density at radius 1 is 1.03 bits per heavy atom. The molecule has 32 heavy (non-hydrogen) atoms. The van der Waals surface area contributed by atoms with Crippen molar-refractivity contribution >= 4 is 6.21 Å². The fraction of sp³-hybridized carbons (Fsp3) is 0.897. The van der Waals surface area contributed by atoms with E-state index in [0.29, 0.717) is 28.6 Å². The number of aliphatic hydroxyl groups excluding tert-OH is 1. The van der Waals surface area contributed by atoms with Gasteiger partial charge in [0.25, 0.3) is 0 Å². The van der Waals surface area contributed by atoms with Crippen LogP contribution in [0.25, 0.3) is 0 Å². The average molecular weight is 442 g/mol. The summed E-state index contributed by atoms with van der Waals surface area (Å²) in [5.74, 6) is 4.14. The number of aliphatic hydroxyl groups is 2. The van der Waals surface area contributed by atoms with Crippen molar-refractivity contribution < 1.29 is 10.2 Å². The zero-order chi connectivity index (χ0) is 22.7. The summed E-state index contributed by atoms with van der Waals surface area (Å²) in [5.41, 5.74) is 1.46. The molecule has 5 aliphatic rings. The van der Waals surface area contributed by atoms with E-state index in [-0.39, 0.29) is 6.10 Å². The molecule has 4 aliphatic carbocycles. The van der Waals surface area contributed by atoms with Crippen LogP contribution >= 0.6 is 0 Å². The average Bonchev–Trinajstić information content (AvgIpc) is 3.16. The minimum Gasteiger partial charge on any atom is -0.390 e. The summed E-state index contributed by atoms with van der Waals surface area (Å²) in [5, 5.41) is 22.3. The van der Waals surface area contributed by atoms with Crippen LogP contribution in [-0.2, 0) is 0 Å². The second-order valence-electron chi connectivity index (χ2n) is 13.0. The quantitative estimate of drug-likeness (QED) is 0.547. The van der Waals surface area contributed by atoms with Gasteiger partial charge in [-0.3, -0.25) is 4.99 Å². The predicted octanol–water partition coefficient (Wildman–Crippen LogP) is 6.18. The first kappa shape index (κ1) is 23.1. The molecular formula is C29H47NO2. The zero-order valence-electron chi connectivity index (χ0n) is 21.0. The highest BCUT2D eigenvalue weighted by Gasteiger charge is 2.61. The van der Waals surface area contributed by atoms with Crippen molar-refractivity contribution in [1.82, 2.24) is 0 Å². The number of hydrogen-bond acceptors (Lipinski definition) is 3. The van der Waals surface area contributed by atoms with Gasteiger partial charge in [-0.25, -0.2) is 0 Å². The van der Waals surface area contributed by atoms with Crippen molar-refractivity contribution in [2.24, 2.45) is 51.3 Å². The van der Waals surface area contributed by atoms with Gasteiger partial charge in [0.2, 0.25) is 0 Å². The second-order valence-corrected chi connectivity index (χ2v) is 13.0. The van der Waals surface area contributed by atoms with Crippen LogP contribution in [-0.4, -0.2) is 34.7 Å². The summed E-state index contributed by atoms with van der Waals surface area (Å²) < 4.78 is 0. The lowest BCUT2D eigenvalue weighted by molar-refractivity contribution is -0.153. The molecular weight excluding hydrogens is 394 g/mol. The maximum Gasteiger partial charge on any atom is 0.0830 e. The van der Waals surface area contributed by atoms with Gasteiger partial charge in [0, 0.05) is 12.8 Å². The Morgan fingerprint density at radius 2 is 1.81 bits per heavy atom. The first-order valence-corrected chi connectivity index (χ1v) is 13.8. The highest BCUT2D eigenvalue weighted by Crippen LogP contribution is 2.69. The number of rotatable bonds is 4. The SMILES string of the molecule is CC[C@]1(O)CC[C@@]2(C)[C@@H](CC[C@@H]3[C@@H]2CC[C@]2(C)[C@@H]([C@H](C)[C@@H](O)C4=CCCN=C4)CC[C@@H]32)C1. The smallest absolute Gasteiger partial charge is 0.0830 e. The third-order valence-electron chi connectivity index (χ3n) is 11.9. The number of aliphatic imine (C=N–C) groups is 1. The van der Waals surface area contributed by atoms with Crippen molar-refractivity contribution in [3.05, 3.63) is 11.6 Å². The third kappa shape index (κ3) is 3.47. The molecule has 0 radical (unpaired) electrons. The van der Waals surface area contributed by atoms with Crippen molar-refractivity contribution in [3.8, 4) is 0 Å². The molecule has 2 N–H and O–H groups in total. The molecule has 0 spiro atoms. The molecule has 180 valence electrons. The van der Waals surface area contributed by atoms with Crippen molar-refractivity contribution in [2.45, 2.75) is 110 Å². The van der Waals surface area contributed by atoms with Gasteiger partial charge in [0.15, 0.2) is 0 Å². The Labute approximate surface area is 196 Å². The van der Waals surface area contributed by atoms with Crippen LogP contribution in [0.3, 0.4) is 0 Å². The van der Waals surface area contributed by atoms with E-state index in [9.17, 15) is 10.2 Å². The van der Waals surface area contributed by atoms with Crippen LogP contribution in [0, 0.1) is 46.3 Å². The molecule has 1 heterocycles. The molecule has 0 aromatic carbocycles. The fourth-order valence-electron chi connectivity index (χ4n) is 9.80. The van der Waals surface area contributed by atoms with E-state index in [1.165, 1.54) is 44.9 Å². The minimum absolute atomic E-state index is 0.304. The van der Waals surface area contributed by atoms with E-state index >= 15 is 0 Å². The lowest BCUT2D eigenvalue weighted by atomic mass is 9.43. The number of hydrogen-bond donors (Lipinski definition) is 2. The molecule has 5 rings (SSSR count). The van der Waals surface area contributed by atoms with Gasteiger partial charge in [-0.15, -0.1) is 0 Å². The Morgan fingerprint density at radius 3 is 2.53 bits per heavy atom. The molecule has 0 unspecified atom stereocenters. The molecule has 4 saturated carbocycles. The Balaban J connectivity index is 1.34. The highest BCUT2D eigenvalue weighted by atomic mass is 16.3. The lowest BCUT2D eigenvalue weighted by Crippen LogP contribution is -2.56. The van der Waals surface area contributed by atoms with Crippen LogP contribution < -0.4 is 0 Å². The molecule has 3 heteroatoms. The summed E-state index contributed by atoms with van der Waals surface area (Å²) in [4.78, 5) is 4.43. The van der Waals surface area contributed by atoms with Crippen LogP contribution in [0.5, 0.6) is 0 Å². The largest absolute Gasteiger partial charge is 0.390 e. The fourth-order valence-corrected chi connectivity index (χ4v) is 9.80. The summed E-state index contributed by atoms with van der Waals surface area (Å²) in [6, 6.07) is 0. The summed E-state index contributed by atoms with van der Waals surface area (Å²) in [7, 11) is 0. The maximum atomic E-state index is 11.2. The van der Waals surface area contributed by atoms with E-state index in [2.05, 4.69) is 38.8 Å². The van der Waals surface area contributed by atoms with Gasteiger partial charge < -0.3 is 10.2 Å². The van der Waals surface area contributed by atoms with Gasteiger partial charge in [-0.2, -0.15) is 0 Å². The van der Waals surface area contributed by atoms with Gasteiger partial charge in [-0.1, -0.05) is 33.8 Å². The molecule has 0 saturated heterocycles. The topological polar surface area (TPSA) is 52.8 Å². The Hall–Kier alpha value is -0.670. The Kier molecular flexibility index (Phi) is 5.93. The third-order valence-corrected chi connectivity index (χ3v) is 11.9. The molecule has 4 fully saturated rings. The highest BCUT2D eigenvalue weighted by molar-refractivity contribution is 5.80. The van der Waals surface area contributed by atoms with E-state index in [4.69, 9.17) is 0 Å². The van der Waals surface area contributed by atoms with E-state index in [0.717, 1.165) is 55.6 Å². The van der Waals surface area contributed by atoms with E-state index < -0.39 is 5.60 Å². The molecule has 1 aliphatic heterocycles. The second kappa shape index (κ2) is 8.22.